The number of quaternary nitrogens is 1. The summed E-state index contributed by atoms with van der Waals surface area (Å²) in [7, 11) is 7.38. The molecule has 0 unspecified atom stereocenters. The maximum atomic E-state index is 11.5. The average Bonchev–Trinajstić information content (AvgIpc) is 2.78. The number of hydrogen-bond donors (Lipinski definition) is 0. The molecule has 6 nitrogen and oxygen atoms in total. The van der Waals surface area contributed by atoms with Gasteiger partial charge in [-0.15, -0.1) is 0 Å². The molecule has 0 atom stereocenters. The van der Waals surface area contributed by atoms with Crippen molar-refractivity contribution in [1.82, 2.24) is 4.90 Å². The second kappa shape index (κ2) is 20.5. The molecule has 0 aliphatic heterocycles. The summed E-state index contributed by atoms with van der Waals surface area (Å²) in [5.41, 5.74) is 0. The molecule has 0 aliphatic carbocycles. The molecule has 0 spiro atoms. The van der Waals surface area contributed by atoms with Crippen LogP contribution in [0.5, 0.6) is 0 Å². The first-order valence-electron chi connectivity index (χ1n) is 13.0. The van der Waals surface area contributed by atoms with Crippen molar-refractivity contribution < 1.29 is 23.5 Å². The Morgan fingerprint density at radius 1 is 0.625 bits per heavy atom. The van der Waals surface area contributed by atoms with Crippen LogP contribution < -0.4 is 0 Å². The normalized spacial score (nSPS) is 11.7. The fraction of sp³-hybridized carbons (Fsp3) is 0.923. The van der Waals surface area contributed by atoms with Gasteiger partial charge in [0.25, 0.3) is 0 Å². The molecule has 0 aromatic carbocycles. The maximum absolute atomic E-state index is 11.5. The lowest BCUT2D eigenvalue weighted by atomic mass is 10.1. The fourth-order valence-corrected chi connectivity index (χ4v) is 3.94. The van der Waals surface area contributed by atoms with Crippen molar-refractivity contribution in [2.45, 2.75) is 96.8 Å². The number of rotatable bonds is 22. The van der Waals surface area contributed by atoms with Gasteiger partial charge < -0.3 is 14.0 Å². The topological polar surface area (TPSA) is 55.8 Å². The van der Waals surface area contributed by atoms with E-state index in [2.05, 4.69) is 25.9 Å². The summed E-state index contributed by atoms with van der Waals surface area (Å²) in [4.78, 5) is 25.2. The molecule has 0 N–H and O–H groups in total. The van der Waals surface area contributed by atoms with Crippen molar-refractivity contribution in [2.24, 2.45) is 0 Å². The van der Waals surface area contributed by atoms with Gasteiger partial charge in [0, 0.05) is 19.6 Å². The van der Waals surface area contributed by atoms with E-state index in [-0.39, 0.29) is 11.9 Å². The number of likely N-dealkylation sites (N-methyl/N-ethyl adjacent to an activating group) is 1. The number of ether oxygens (including phenoxy) is 2. The standard InChI is InChI=1S/C26H53N2O4/c1-6-7-8-9-10-11-12-13-14-15-16-17-23-28(2,3)24-22-27(20-18-25(29)31-4)21-19-26(30)32-5/h6-24H2,1-5H3/q+1. The van der Waals surface area contributed by atoms with Crippen LogP contribution in [0.15, 0.2) is 0 Å². The SMILES string of the molecule is CCCCCCCCCCCCCC[N+](C)(C)CCN(CCC(=O)OC)CCC(=O)OC. The van der Waals surface area contributed by atoms with Gasteiger partial charge in [-0.25, -0.2) is 0 Å². The molecule has 0 heterocycles. The third-order valence-electron chi connectivity index (χ3n) is 6.36. The Morgan fingerprint density at radius 2 is 1.03 bits per heavy atom. The average molecular weight is 458 g/mol. The van der Waals surface area contributed by atoms with Crippen molar-refractivity contribution in [1.29, 1.82) is 0 Å². The zero-order valence-electron chi connectivity index (χ0n) is 22.0. The predicted molar refractivity (Wildman–Crippen MR) is 133 cm³/mol. The van der Waals surface area contributed by atoms with E-state index in [1.165, 1.54) is 97.8 Å². The molecule has 0 fully saturated rings. The maximum Gasteiger partial charge on any atom is 0.306 e. The van der Waals surface area contributed by atoms with Gasteiger partial charge in [-0.3, -0.25) is 14.5 Å². The third-order valence-corrected chi connectivity index (χ3v) is 6.36. The summed E-state index contributed by atoms with van der Waals surface area (Å²) in [6, 6.07) is 0. The van der Waals surface area contributed by atoms with Gasteiger partial charge in [0.15, 0.2) is 0 Å². The Morgan fingerprint density at radius 3 is 1.44 bits per heavy atom. The van der Waals surface area contributed by atoms with Crippen molar-refractivity contribution in [3.8, 4) is 0 Å². The van der Waals surface area contributed by atoms with Crippen LogP contribution in [0.25, 0.3) is 0 Å². The molecule has 0 aromatic heterocycles. The molecule has 0 saturated heterocycles. The van der Waals surface area contributed by atoms with Crippen molar-refractivity contribution >= 4 is 11.9 Å². The summed E-state index contributed by atoms with van der Waals surface area (Å²) in [6.45, 7) is 6.53. The summed E-state index contributed by atoms with van der Waals surface area (Å²) < 4.78 is 10.5. The van der Waals surface area contributed by atoms with Crippen molar-refractivity contribution in [2.75, 3.05) is 61.0 Å². The minimum Gasteiger partial charge on any atom is -0.469 e. The highest BCUT2D eigenvalue weighted by molar-refractivity contribution is 5.70. The zero-order chi connectivity index (χ0) is 24.1. The molecule has 0 bridgehead atoms. The molecule has 6 heteroatoms. The quantitative estimate of drug-likeness (QED) is 0.127. The van der Waals surface area contributed by atoms with Crippen molar-refractivity contribution in [3.05, 3.63) is 0 Å². The number of nitrogens with zero attached hydrogens (tertiary/aromatic N) is 2. The Bertz CT molecular complexity index is 449. The number of carbonyl (C=O) groups is 2. The highest BCUT2D eigenvalue weighted by atomic mass is 16.5. The van der Waals surface area contributed by atoms with Crippen LogP contribution in [0.3, 0.4) is 0 Å². The number of hydrogen-bond acceptors (Lipinski definition) is 5. The first kappa shape index (κ1) is 30.9. The molecule has 0 amide bonds. The van der Waals surface area contributed by atoms with E-state index in [4.69, 9.17) is 9.47 Å². The van der Waals surface area contributed by atoms with E-state index >= 15 is 0 Å². The molecule has 0 aliphatic rings. The Labute approximate surface area is 198 Å². The number of methoxy groups -OCH3 is 2. The van der Waals surface area contributed by atoms with E-state index in [1.807, 2.05) is 0 Å². The Kier molecular flexibility index (Phi) is 19.7. The Balaban J connectivity index is 3.96. The van der Waals surface area contributed by atoms with Crippen molar-refractivity contribution in [3.63, 3.8) is 0 Å². The lowest BCUT2D eigenvalue weighted by Gasteiger charge is -2.32. The minimum absolute atomic E-state index is 0.210. The monoisotopic (exact) mass is 457 g/mol. The van der Waals surface area contributed by atoms with E-state index in [9.17, 15) is 9.59 Å². The van der Waals surface area contributed by atoms with E-state index in [0.717, 1.165) is 17.6 Å². The second-order valence-corrected chi connectivity index (χ2v) is 9.77. The molecular formula is C26H53N2O4+. The van der Waals surface area contributed by atoms with E-state index in [0.29, 0.717) is 25.9 Å². The van der Waals surface area contributed by atoms with Gasteiger partial charge in [-0.2, -0.15) is 0 Å². The van der Waals surface area contributed by atoms with Crippen LogP contribution in [0.1, 0.15) is 96.8 Å². The van der Waals surface area contributed by atoms with Gasteiger partial charge in [0.2, 0.25) is 0 Å². The second-order valence-electron chi connectivity index (χ2n) is 9.77. The zero-order valence-corrected chi connectivity index (χ0v) is 22.0. The van der Waals surface area contributed by atoms with Gasteiger partial charge >= 0.3 is 11.9 Å². The molecular weight excluding hydrogens is 404 g/mol. The Hall–Kier alpha value is -1.14. The molecule has 0 aromatic rings. The largest absolute Gasteiger partial charge is 0.469 e. The van der Waals surface area contributed by atoms with E-state index in [1.54, 1.807) is 0 Å². The van der Waals surface area contributed by atoms with Crippen LogP contribution in [0, 0.1) is 0 Å². The molecule has 32 heavy (non-hydrogen) atoms. The molecule has 190 valence electrons. The first-order valence-corrected chi connectivity index (χ1v) is 13.0. The van der Waals surface area contributed by atoms with Gasteiger partial charge in [-0.1, -0.05) is 71.1 Å². The first-order chi connectivity index (χ1) is 15.3. The van der Waals surface area contributed by atoms with Crippen LogP contribution in [0.2, 0.25) is 0 Å². The summed E-state index contributed by atoms with van der Waals surface area (Å²) in [5.74, 6) is -0.420. The van der Waals surface area contributed by atoms with Gasteiger partial charge in [-0.05, 0) is 12.8 Å². The van der Waals surface area contributed by atoms with E-state index < -0.39 is 0 Å². The highest BCUT2D eigenvalue weighted by Gasteiger charge is 2.18. The van der Waals surface area contributed by atoms with Crippen LogP contribution in [0.4, 0.5) is 0 Å². The summed E-state index contributed by atoms with van der Waals surface area (Å²) >= 11 is 0. The molecule has 0 rings (SSSR count). The lowest BCUT2D eigenvalue weighted by molar-refractivity contribution is -0.890. The van der Waals surface area contributed by atoms with Gasteiger partial charge in [0.1, 0.15) is 0 Å². The summed E-state index contributed by atoms with van der Waals surface area (Å²) in [5, 5.41) is 0. The van der Waals surface area contributed by atoms with Crippen LogP contribution >= 0.6 is 0 Å². The smallest absolute Gasteiger partial charge is 0.306 e. The van der Waals surface area contributed by atoms with Crippen LogP contribution in [-0.2, 0) is 19.1 Å². The lowest BCUT2D eigenvalue weighted by Crippen LogP contribution is -2.46. The predicted octanol–water partition coefficient (Wildman–Crippen LogP) is 5.19. The number of unbranched alkanes of at least 4 members (excludes halogenated alkanes) is 11. The molecule has 0 radical (unpaired) electrons. The molecule has 0 saturated carbocycles. The summed E-state index contributed by atoms with van der Waals surface area (Å²) in [6.07, 6.45) is 17.2. The fourth-order valence-electron chi connectivity index (χ4n) is 3.94. The van der Waals surface area contributed by atoms with Crippen LogP contribution in [-0.4, -0.2) is 82.4 Å². The number of esters is 2. The van der Waals surface area contributed by atoms with Gasteiger partial charge in [0.05, 0.1) is 54.2 Å². The third kappa shape index (κ3) is 19.5. The highest BCUT2D eigenvalue weighted by Crippen LogP contribution is 2.13. The number of carbonyl (C=O) groups excluding carboxylic acids is 2. The minimum atomic E-state index is -0.210.